The van der Waals surface area contributed by atoms with Gasteiger partial charge in [0.1, 0.15) is 11.2 Å². The summed E-state index contributed by atoms with van der Waals surface area (Å²) in [6.07, 6.45) is 4.86. The molecule has 0 atom stereocenters. The zero-order chi connectivity index (χ0) is 11.6. The molecule has 1 N–H and O–H groups in total. The molecule has 1 fully saturated rings. The van der Waals surface area contributed by atoms with Crippen LogP contribution < -0.4 is 4.74 Å². The van der Waals surface area contributed by atoms with E-state index in [1.54, 1.807) is 25.4 Å². The Morgan fingerprint density at radius 3 is 2.56 bits per heavy atom. The van der Waals surface area contributed by atoms with Crippen molar-refractivity contribution in [3.05, 3.63) is 24.0 Å². The van der Waals surface area contributed by atoms with E-state index in [1.807, 2.05) is 0 Å². The molecule has 0 radical (unpaired) electrons. The maximum atomic E-state index is 11.4. The van der Waals surface area contributed by atoms with Crippen molar-refractivity contribution in [1.29, 1.82) is 0 Å². The molecule has 0 unspecified atom stereocenters. The summed E-state index contributed by atoms with van der Waals surface area (Å²) >= 11 is 0. The Kier molecular flexibility index (Phi) is 2.81. The van der Waals surface area contributed by atoms with E-state index in [1.165, 1.54) is 0 Å². The normalized spacial score (nSPS) is 18.3. The van der Waals surface area contributed by atoms with Gasteiger partial charge in [-0.15, -0.1) is 0 Å². The second-order valence-electron chi connectivity index (χ2n) is 4.18. The van der Waals surface area contributed by atoms with Gasteiger partial charge in [0.05, 0.1) is 19.0 Å². The van der Waals surface area contributed by atoms with Gasteiger partial charge in [-0.05, 0) is 25.0 Å². The fourth-order valence-electron chi connectivity index (χ4n) is 2.34. The molecule has 1 aliphatic carbocycles. The minimum absolute atomic E-state index is 0.651. The van der Waals surface area contributed by atoms with E-state index in [0.717, 1.165) is 12.8 Å². The van der Waals surface area contributed by atoms with Gasteiger partial charge in [-0.3, -0.25) is 9.78 Å². The van der Waals surface area contributed by atoms with Crippen molar-refractivity contribution in [1.82, 2.24) is 4.98 Å². The van der Waals surface area contributed by atoms with Crippen molar-refractivity contribution in [2.24, 2.45) is 0 Å². The lowest BCUT2D eigenvalue weighted by molar-refractivity contribution is -0.143. The van der Waals surface area contributed by atoms with E-state index in [-0.39, 0.29) is 0 Å². The average molecular weight is 221 g/mol. The number of hydrogen-bond acceptors (Lipinski definition) is 3. The third kappa shape index (κ3) is 1.64. The summed E-state index contributed by atoms with van der Waals surface area (Å²) in [7, 11) is 1.57. The maximum Gasteiger partial charge on any atom is 0.315 e. The fourth-order valence-corrected chi connectivity index (χ4v) is 2.34. The van der Waals surface area contributed by atoms with E-state index in [4.69, 9.17) is 4.74 Å². The van der Waals surface area contributed by atoms with Crippen molar-refractivity contribution < 1.29 is 14.6 Å². The van der Waals surface area contributed by atoms with Crippen LogP contribution in [0.5, 0.6) is 5.75 Å². The molecule has 4 heteroatoms. The summed E-state index contributed by atoms with van der Waals surface area (Å²) in [5.74, 6) is -0.107. The van der Waals surface area contributed by atoms with Gasteiger partial charge in [-0.2, -0.15) is 0 Å². The van der Waals surface area contributed by atoms with Gasteiger partial charge >= 0.3 is 5.97 Å². The van der Waals surface area contributed by atoms with Crippen molar-refractivity contribution in [2.45, 2.75) is 31.1 Å². The summed E-state index contributed by atoms with van der Waals surface area (Å²) < 4.78 is 5.02. The maximum absolute atomic E-state index is 11.4. The summed E-state index contributed by atoms with van der Waals surface area (Å²) in [5.41, 5.74) is -0.120. The lowest BCUT2D eigenvalue weighted by atomic mass is 9.82. The number of nitrogens with zero attached hydrogens (tertiary/aromatic N) is 1. The molecule has 4 nitrogen and oxygen atoms in total. The van der Waals surface area contributed by atoms with Crippen LogP contribution in [0, 0.1) is 0 Å². The number of rotatable bonds is 3. The van der Waals surface area contributed by atoms with Crippen LogP contribution in [0.3, 0.4) is 0 Å². The van der Waals surface area contributed by atoms with Gasteiger partial charge in [0.25, 0.3) is 0 Å². The highest BCUT2D eigenvalue weighted by molar-refractivity contribution is 5.81. The number of carboxylic acids is 1. The van der Waals surface area contributed by atoms with Crippen LogP contribution in [-0.4, -0.2) is 23.2 Å². The molecule has 0 aromatic carbocycles. The smallest absolute Gasteiger partial charge is 0.315 e. The van der Waals surface area contributed by atoms with Crippen LogP contribution in [0.2, 0.25) is 0 Å². The Labute approximate surface area is 94.3 Å². The van der Waals surface area contributed by atoms with Crippen LogP contribution in [0.4, 0.5) is 0 Å². The first-order valence-corrected chi connectivity index (χ1v) is 5.43. The van der Waals surface area contributed by atoms with Gasteiger partial charge < -0.3 is 9.84 Å². The Morgan fingerprint density at radius 2 is 2.12 bits per heavy atom. The third-order valence-electron chi connectivity index (χ3n) is 3.33. The molecule has 1 heterocycles. The SMILES string of the molecule is COc1ccc(C2(C(=O)O)CCCC2)nc1. The lowest BCUT2D eigenvalue weighted by Gasteiger charge is -2.22. The molecular formula is C12H15NO3. The first-order valence-electron chi connectivity index (χ1n) is 5.43. The minimum Gasteiger partial charge on any atom is -0.495 e. The second kappa shape index (κ2) is 4.12. The Balaban J connectivity index is 2.36. The molecule has 1 saturated carbocycles. The number of ether oxygens (including phenoxy) is 1. The van der Waals surface area contributed by atoms with Crippen molar-refractivity contribution in [2.75, 3.05) is 7.11 Å². The van der Waals surface area contributed by atoms with Crippen LogP contribution in [0.1, 0.15) is 31.4 Å². The molecule has 1 aromatic rings. The van der Waals surface area contributed by atoms with Crippen molar-refractivity contribution in [3.63, 3.8) is 0 Å². The summed E-state index contributed by atoms with van der Waals surface area (Å²) in [5, 5.41) is 9.37. The number of carboxylic acid groups (broad SMARTS) is 1. The second-order valence-corrected chi connectivity index (χ2v) is 4.18. The van der Waals surface area contributed by atoms with Gasteiger partial charge in [0.15, 0.2) is 0 Å². The monoisotopic (exact) mass is 221 g/mol. The Bertz CT molecular complexity index is 380. The summed E-state index contributed by atoms with van der Waals surface area (Å²) in [4.78, 5) is 15.6. The molecule has 16 heavy (non-hydrogen) atoms. The Morgan fingerprint density at radius 1 is 1.44 bits per heavy atom. The number of pyridine rings is 1. The molecular weight excluding hydrogens is 206 g/mol. The number of carbonyl (C=O) groups is 1. The quantitative estimate of drug-likeness (QED) is 0.847. The Hall–Kier alpha value is -1.58. The third-order valence-corrected chi connectivity index (χ3v) is 3.33. The number of aromatic nitrogens is 1. The van der Waals surface area contributed by atoms with E-state index in [2.05, 4.69) is 4.98 Å². The van der Waals surface area contributed by atoms with Crippen LogP contribution in [0.15, 0.2) is 18.3 Å². The predicted molar refractivity (Wildman–Crippen MR) is 58.6 cm³/mol. The molecule has 2 rings (SSSR count). The van der Waals surface area contributed by atoms with Crippen LogP contribution in [0.25, 0.3) is 0 Å². The highest BCUT2D eigenvalue weighted by Crippen LogP contribution is 2.40. The predicted octanol–water partition coefficient (Wildman–Crippen LogP) is 1.99. The van der Waals surface area contributed by atoms with Gasteiger partial charge in [0, 0.05) is 0 Å². The molecule has 0 bridgehead atoms. The highest BCUT2D eigenvalue weighted by Gasteiger charge is 2.44. The van der Waals surface area contributed by atoms with Crippen molar-refractivity contribution >= 4 is 5.97 Å². The fraction of sp³-hybridized carbons (Fsp3) is 0.500. The number of methoxy groups -OCH3 is 1. The molecule has 0 saturated heterocycles. The summed E-state index contributed by atoms with van der Waals surface area (Å²) in [6.45, 7) is 0. The molecule has 1 aromatic heterocycles. The van der Waals surface area contributed by atoms with Gasteiger partial charge in [-0.25, -0.2) is 0 Å². The zero-order valence-electron chi connectivity index (χ0n) is 9.27. The minimum atomic E-state index is -0.772. The number of hydrogen-bond donors (Lipinski definition) is 1. The van der Waals surface area contributed by atoms with Gasteiger partial charge in [-0.1, -0.05) is 12.8 Å². The zero-order valence-corrected chi connectivity index (χ0v) is 9.27. The molecule has 1 aliphatic rings. The highest BCUT2D eigenvalue weighted by atomic mass is 16.5. The van der Waals surface area contributed by atoms with E-state index in [0.29, 0.717) is 24.3 Å². The first kappa shape index (κ1) is 10.9. The number of aliphatic carboxylic acids is 1. The van der Waals surface area contributed by atoms with E-state index >= 15 is 0 Å². The molecule has 0 amide bonds. The van der Waals surface area contributed by atoms with E-state index in [9.17, 15) is 9.90 Å². The summed E-state index contributed by atoms with van der Waals surface area (Å²) in [6, 6.07) is 3.53. The lowest BCUT2D eigenvalue weighted by Crippen LogP contribution is -2.33. The molecule has 0 aliphatic heterocycles. The average Bonchev–Trinajstić information content (AvgIpc) is 2.79. The van der Waals surface area contributed by atoms with E-state index < -0.39 is 11.4 Å². The first-order chi connectivity index (χ1) is 7.69. The topological polar surface area (TPSA) is 59.4 Å². The largest absolute Gasteiger partial charge is 0.495 e. The standard InChI is InChI=1S/C12H15NO3/c1-16-9-4-5-10(13-8-9)12(11(14)15)6-2-3-7-12/h4-5,8H,2-3,6-7H2,1H3,(H,14,15). The molecule has 86 valence electrons. The molecule has 0 spiro atoms. The van der Waals surface area contributed by atoms with Gasteiger partial charge in [0.2, 0.25) is 0 Å². The van der Waals surface area contributed by atoms with Crippen LogP contribution in [-0.2, 0) is 10.2 Å². The van der Waals surface area contributed by atoms with Crippen molar-refractivity contribution in [3.8, 4) is 5.75 Å². The van der Waals surface area contributed by atoms with Crippen LogP contribution >= 0.6 is 0 Å².